The highest BCUT2D eigenvalue weighted by atomic mass is 19.1. The summed E-state index contributed by atoms with van der Waals surface area (Å²) in [5, 5.41) is 8.99. The van der Waals surface area contributed by atoms with Crippen molar-refractivity contribution in [2.45, 2.75) is 25.6 Å². The van der Waals surface area contributed by atoms with Gasteiger partial charge in [0.15, 0.2) is 0 Å². The number of hydrogen-bond acceptors (Lipinski definition) is 2. The molecule has 72 valence electrons. The van der Waals surface area contributed by atoms with Crippen molar-refractivity contribution in [1.82, 2.24) is 0 Å². The predicted molar refractivity (Wildman–Crippen MR) is 50.4 cm³/mol. The molecule has 0 aliphatic rings. The van der Waals surface area contributed by atoms with Crippen LogP contribution in [0.2, 0.25) is 0 Å². The summed E-state index contributed by atoms with van der Waals surface area (Å²) in [6.07, 6.45) is -0.508. The zero-order chi connectivity index (χ0) is 9.84. The van der Waals surface area contributed by atoms with Crippen LogP contribution in [0.3, 0.4) is 0 Å². The summed E-state index contributed by atoms with van der Waals surface area (Å²) in [7, 11) is 0. The second-order valence-electron chi connectivity index (χ2n) is 3.21. The number of nitrogens with two attached hydrogens (primary N) is 1. The van der Waals surface area contributed by atoms with Crippen molar-refractivity contribution in [2.24, 2.45) is 5.73 Å². The first-order valence-corrected chi connectivity index (χ1v) is 4.27. The standard InChI is InChI=1S/C10H14FNO/c1-7(11)10(12)6-8-2-4-9(13)5-3-8/h2-5,7,10,13H,6,12H2,1H3. The van der Waals surface area contributed by atoms with Gasteiger partial charge in [-0.05, 0) is 31.0 Å². The van der Waals surface area contributed by atoms with Gasteiger partial charge < -0.3 is 10.8 Å². The van der Waals surface area contributed by atoms with Gasteiger partial charge in [0, 0.05) is 6.04 Å². The van der Waals surface area contributed by atoms with Crippen LogP contribution < -0.4 is 5.73 Å². The zero-order valence-corrected chi connectivity index (χ0v) is 7.57. The molecule has 2 atom stereocenters. The maximum absolute atomic E-state index is 12.7. The lowest BCUT2D eigenvalue weighted by Gasteiger charge is -2.12. The number of aromatic hydroxyl groups is 1. The summed E-state index contributed by atoms with van der Waals surface area (Å²) in [5.74, 6) is 0.214. The molecule has 0 saturated carbocycles. The van der Waals surface area contributed by atoms with Crippen molar-refractivity contribution in [3.63, 3.8) is 0 Å². The van der Waals surface area contributed by atoms with Gasteiger partial charge in [0.25, 0.3) is 0 Å². The molecular weight excluding hydrogens is 169 g/mol. The first kappa shape index (κ1) is 9.99. The van der Waals surface area contributed by atoms with Crippen LogP contribution in [0.1, 0.15) is 12.5 Å². The van der Waals surface area contributed by atoms with E-state index in [4.69, 9.17) is 10.8 Å². The Morgan fingerprint density at radius 1 is 1.38 bits per heavy atom. The summed E-state index contributed by atoms with van der Waals surface area (Å²) in [6, 6.07) is 6.18. The molecule has 2 nitrogen and oxygen atoms in total. The topological polar surface area (TPSA) is 46.2 Å². The van der Waals surface area contributed by atoms with Crippen LogP contribution in [-0.4, -0.2) is 17.3 Å². The van der Waals surface area contributed by atoms with E-state index in [1.165, 1.54) is 6.92 Å². The number of hydrogen-bond donors (Lipinski definition) is 2. The molecule has 3 N–H and O–H groups in total. The lowest BCUT2D eigenvalue weighted by molar-refractivity contribution is 0.304. The molecule has 2 unspecified atom stereocenters. The fraction of sp³-hybridized carbons (Fsp3) is 0.400. The molecule has 13 heavy (non-hydrogen) atoms. The summed E-state index contributed by atoms with van der Waals surface area (Å²) >= 11 is 0. The Morgan fingerprint density at radius 2 is 1.92 bits per heavy atom. The van der Waals surface area contributed by atoms with E-state index in [9.17, 15) is 4.39 Å². The molecule has 0 aliphatic heterocycles. The Kier molecular flexibility index (Phi) is 3.25. The number of alkyl halides is 1. The van der Waals surface area contributed by atoms with Crippen LogP contribution in [0.25, 0.3) is 0 Å². The SMILES string of the molecule is CC(F)C(N)Cc1ccc(O)cc1. The fourth-order valence-corrected chi connectivity index (χ4v) is 1.07. The molecule has 0 aliphatic carbocycles. The first-order valence-electron chi connectivity index (χ1n) is 4.27. The van der Waals surface area contributed by atoms with Gasteiger partial charge >= 0.3 is 0 Å². The first-order chi connectivity index (χ1) is 6.09. The third kappa shape index (κ3) is 3.03. The van der Waals surface area contributed by atoms with E-state index in [-0.39, 0.29) is 5.75 Å². The van der Waals surface area contributed by atoms with Crippen molar-refractivity contribution in [1.29, 1.82) is 0 Å². The lowest BCUT2D eigenvalue weighted by Crippen LogP contribution is -2.31. The van der Waals surface area contributed by atoms with Crippen molar-refractivity contribution >= 4 is 0 Å². The highest BCUT2D eigenvalue weighted by molar-refractivity contribution is 5.26. The second-order valence-corrected chi connectivity index (χ2v) is 3.21. The largest absolute Gasteiger partial charge is 0.508 e. The van der Waals surface area contributed by atoms with Gasteiger partial charge in [-0.3, -0.25) is 0 Å². The van der Waals surface area contributed by atoms with Gasteiger partial charge in [0.2, 0.25) is 0 Å². The van der Waals surface area contributed by atoms with Crippen molar-refractivity contribution in [3.8, 4) is 5.75 Å². The van der Waals surface area contributed by atoms with E-state index in [0.29, 0.717) is 6.42 Å². The number of halogens is 1. The Labute approximate surface area is 77.2 Å². The smallest absolute Gasteiger partial charge is 0.115 e. The molecule has 1 aromatic rings. The molecule has 0 amide bonds. The van der Waals surface area contributed by atoms with Crippen LogP contribution in [0.5, 0.6) is 5.75 Å². The average molecular weight is 183 g/mol. The minimum absolute atomic E-state index is 0.214. The summed E-state index contributed by atoms with van der Waals surface area (Å²) in [4.78, 5) is 0. The average Bonchev–Trinajstić information content (AvgIpc) is 2.08. The molecule has 0 aromatic heterocycles. The summed E-state index contributed by atoms with van der Waals surface area (Å²) < 4.78 is 12.7. The monoisotopic (exact) mass is 183 g/mol. The Hall–Kier alpha value is -1.09. The third-order valence-electron chi connectivity index (χ3n) is 2.00. The van der Waals surface area contributed by atoms with Crippen LogP contribution in [0.15, 0.2) is 24.3 Å². The summed E-state index contributed by atoms with van der Waals surface area (Å²) in [6.45, 7) is 1.45. The maximum atomic E-state index is 12.7. The van der Waals surface area contributed by atoms with Gasteiger partial charge in [0.05, 0.1) is 0 Å². The number of phenolic OH excluding ortho intramolecular Hbond substituents is 1. The number of phenols is 1. The Balaban J connectivity index is 2.59. The zero-order valence-electron chi connectivity index (χ0n) is 7.57. The minimum atomic E-state index is -1.01. The van der Waals surface area contributed by atoms with Crippen molar-refractivity contribution < 1.29 is 9.50 Å². The van der Waals surface area contributed by atoms with Gasteiger partial charge in [-0.25, -0.2) is 4.39 Å². The predicted octanol–water partition coefficient (Wildman–Crippen LogP) is 1.62. The highest BCUT2D eigenvalue weighted by Gasteiger charge is 2.11. The highest BCUT2D eigenvalue weighted by Crippen LogP contribution is 2.12. The molecule has 1 rings (SSSR count). The quantitative estimate of drug-likeness (QED) is 0.748. The van der Waals surface area contributed by atoms with E-state index < -0.39 is 12.2 Å². The minimum Gasteiger partial charge on any atom is -0.508 e. The molecule has 0 radical (unpaired) electrons. The number of rotatable bonds is 3. The molecule has 0 saturated heterocycles. The van der Waals surface area contributed by atoms with E-state index in [1.54, 1.807) is 24.3 Å². The van der Waals surface area contributed by atoms with E-state index in [2.05, 4.69) is 0 Å². The van der Waals surface area contributed by atoms with Crippen molar-refractivity contribution in [2.75, 3.05) is 0 Å². The third-order valence-corrected chi connectivity index (χ3v) is 2.00. The van der Waals surface area contributed by atoms with Gasteiger partial charge in [-0.15, -0.1) is 0 Å². The fourth-order valence-electron chi connectivity index (χ4n) is 1.07. The molecular formula is C10H14FNO. The molecule has 0 fully saturated rings. The lowest BCUT2D eigenvalue weighted by atomic mass is 10.0. The van der Waals surface area contributed by atoms with Crippen LogP contribution in [-0.2, 0) is 6.42 Å². The molecule has 0 spiro atoms. The molecule has 3 heteroatoms. The van der Waals surface area contributed by atoms with E-state index in [0.717, 1.165) is 5.56 Å². The summed E-state index contributed by atoms with van der Waals surface area (Å²) in [5.41, 5.74) is 6.49. The van der Waals surface area contributed by atoms with Gasteiger partial charge in [-0.2, -0.15) is 0 Å². The van der Waals surface area contributed by atoms with E-state index in [1.807, 2.05) is 0 Å². The maximum Gasteiger partial charge on any atom is 0.115 e. The van der Waals surface area contributed by atoms with E-state index >= 15 is 0 Å². The van der Waals surface area contributed by atoms with Gasteiger partial charge in [0.1, 0.15) is 11.9 Å². The Bertz CT molecular complexity index is 258. The van der Waals surface area contributed by atoms with Crippen molar-refractivity contribution in [3.05, 3.63) is 29.8 Å². The van der Waals surface area contributed by atoms with Crippen LogP contribution in [0, 0.1) is 0 Å². The molecule has 0 bridgehead atoms. The normalized spacial score (nSPS) is 15.3. The Morgan fingerprint density at radius 3 is 2.38 bits per heavy atom. The van der Waals surface area contributed by atoms with Crippen LogP contribution >= 0.6 is 0 Å². The molecule has 0 heterocycles. The molecule has 1 aromatic carbocycles. The number of benzene rings is 1. The van der Waals surface area contributed by atoms with Crippen LogP contribution in [0.4, 0.5) is 4.39 Å². The second kappa shape index (κ2) is 4.23. The van der Waals surface area contributed by atoms with Gasteiger partial charge in [-0.1, -0.05) is 12.1 Å².